The fourth-order valence-corrected chi connectivity index (χ4v) is 4.85. The molecule has 5 nitrogen and oxygen atoms in total. The summed E-state index contributed by atoms with van der Waals surface area (Å²) in [6.07, 6.45) is 2.16. The number of rotatable bonds is 11. The van der Waals surface area contributed by atoms with E-state index in [1.165, 1.54) is 29.5 Å². The zero-order chi connectivity index (χ0) is 23.8. The molecule has 0 fully saturated rings. The molecule has 0 saturated carbocycles. The number of primary amides is 1. The molecular formula is C25H29F2N3O2S. The number of aryl methyl sites for hydroxylation is 2. The highest BCUT2D eigenvalue weighted by molar-refractivity contribution is 7.99. The maximum atomic E-state index is 13.8. The predicted molar refractivity (Wildman–Crippen MR) is 125 cm³/mol. The minimum Gasteiger partial charge on any atom is -0.450 e. The number of carbonyl (C=O) groups excluding carboxylic acids is 1. The largest absolute Gasteiger partial charge is 0.450 e. The lowest BCUT2D eigenvalue weighted by molar-refractivity contribution is 0.155. The summed E-state index contributed by atoms with van der Waals surface area (Å²) >= 11 is 1.32. The minimum atomic E-state index is -0.798. The molecule has 3 rings (SSSR count). The van der Waals surface area contributed by atoms with Crippen molar-refractivity contribution in [1.82, 2.24) is 9.55 Å². The van der Waals surface area contributed by atoms with Gasteiger partial charge in [-0.3, -0.25) is 0 Å². The molecular weight excluding hydrogens is 444 g/mol. The molecule has 2 aromatic carbocycles. The summed E-state index contributed by atoms with van der Waals surface area (Å²) in [6, 6.07) is 13.8. The number of hydrogen-bond acceptors (Lipinski definition) is 4. The Balaban J connectivity index is 1.88. The molecule has 2 N–H and O–H groups in total. The van der Waals surface area contributed by atoms with Gasteiger partial charge in [0.25, 0.3) is 0 Å². The van der Waals surface area contributed by atoms with E-state index >= 15 is 0 Å². The van der Waals surface area contributed by atoms with Gasteiger partial charge in [0.05, 0.1) is 12.3 Å². The summed E-state index contributed by atoms with van der Waals surface area (Å²) in [5.74, 6) is -0.230. The topological polar surface area (TPSA) is 70.1 Å². The van der Waals surface area contributed by atoms with Gasteiger partial charge < -0.3 is 15.0 Å². The zero-order valence-corrected chi connectivity index (χ0v) is 19.7. The molecule has 0 aliphatic carbocycles. The third kappa shape index (κ3) is 7.32. The summed E-state index contributed by atoms with van der Waals surface area (Å²) in [7, 11) is 0. The lowest BCUT2D eigenvalue weighted by atomic mass is 10.1. The molecule has 176 valence electrons. The number of nitrogens with zero attached hydrogens (tertiary/aromatic N) is 2. The van der Waals surface area contributed by atoms with Crippen molar-refractivity contribution in [3.8, 4) is 0 Å². The molecule has 0 aliphatic rings. The first-order valence-electron chi connectivity index (χ1n) is 11.0. The van der Waals surface area contributed by atoms with E-state index in [2.05, 4.69) is 16.7 Å². The number of nitrogens with two attached hydrogens (primary N) is 1. The Morgan fingerprint density at radius 1 is 1.09 bits per heavy atom. The van der Waals surface area contributed by atoms with E-state index < -0.39 is 17.7 Å². The molecule has 33 heavy (non-hydrogen) atoms. The molecule has 8 heteroatoms. The minimum absolute atomic E-state index is 0.127. The van der Waals surface area contributed by atoms with Gasteiger partial charge in [0, 0.05) is 23.9 Å². The van der Waals surface area contributed by atoms with Gasteiger partial charge in [-0.1, -0.05) is 55.9 Å². The van der Waals surface area contributed by atoms with Crippen molar-refractivity contribution in [2.45, 2.75) is 61.9 Å². The maximum Gasteiger partial charge on any atom is 0.404 e. The maximum absolute atomic E-state index is 13.8. The summed E-state index contributed by atoms with van der Waals surface area (Å²) in [6.45, 7) is 5.02. The molecule has 0 atom stereocenters. The summed E-state index contributed by atoms with van der Waals surface area (Å²) in [5.41, 5.74) is 7.19. The number of imidazole rings is 1. The number of amides is 1. The summed E-state index contributed by atoms with van der Waals surface area (Å²) in [5, 5.41) is 0.883. The van der Waals surface area contributed by atoms with Crippen molar-refractivity contribution >= 4 is 17.9 Å². The van der Waals surface area contributed by atoms with E-state index in [0.29, 0.717) is 24.3 Å². The molecule has 0 radical (unpaired) electrons. The smallest absolute Gasteiger partial charge is 0.404 e. The van der Waals surface area contributed by atoms with E-state index in [4.69, 9.17) is 15.5 Å². The van der Waals surface area contributed by atoms with Crippen molar-refractivity contribution < 1.29 is 18.3 Å². The Morgan fingerprint density at radius 3 is 2.42 bits per heavy atom. The molecule has 1 aromatic heterocycles. The number of ether oxygens (including phenoxy) is 1. The van der Waals surface area contributed by atoms with Crippen LogP contribution in [-0.2, 0) is 24.1 Å². The van der Waals surface area contributed by atoms with Crippen molar-refractivity contribution in [1.29, 1.82) is 0 Å². The monoisotopic (exact) mass is 473 g/mol. The highest BCUT2D eigenvalue weighted by Gasteiger charge is 2.21. The summed E-state index contributed by atoms with van der Waals surface area (Å²) in [4.78, 5) is 16.2. The van der Waals surface area contributed by atoms with Crippen molar-refractivity contribution in [2.24, 2.45) is 5.73 Å². The number of aromatic nitrogens is 2. The van der Waals surface area contributed by atoms with E-state index in [1.807, 2.05) is 32.0 Å². The van der Waals surface area contributed by atoms with Gasteiger partial charge in [-0.15, -0.1) is 0 Å². The van der Waals surface area contributed by atoms with Crippen molar-refractivity contribution in [3.63, 3.8) is 0 Å². The number of hydrogen-bond donors (Lipinski definition) is 1. The van der Waals surface area contributed by atoms with Crippen LogP contribution in [0.3, 0.4) is 0 Å². The second kappa shape index (κ2) is 11.8. The van der Waals surface area contributed by atoms with Crippen LogP contribution in [0.25, 0.3) is 0 Å². The molecule has 0 unspecified atom stereocenters. The van der Waals surface area contributed by atoms with Gasteiger partial charge in [-0.05, 0) is 42.9 Å². The second-order valence-electron chi connectivity index (χ2n) is 8.09. The van der Waals surface area contributed by atoms with Crippen LogP contribution >= 0.6 is 11.8 Å². The van der Waals surface area contributed by atoms with E-state index in [9.17, 15) is 13.6 Å². The molecule has 0 spiro atoms. The molecule has 1 heterocycles. The Hall–Kier alpha value is -2.87. The lowest BCUT2D eigenvalue weighted by Crippen LogP contribution is -2.14. The molecule has 1 amide bonds. The Kier molecular flexibility index (Phi) is 8.88. The third-order valence-electron chi connectivity index (χ3n) is 5.10. The first kappa shape index (κ1) is 24.8. The normalized spacial score (nSPS) is 11.2. The fourth-order valence-electron chi connectivity index (χ4n) is 3.60. The Labute approximate surface area is 197 Å². The van der Waals surface area contributed by atoms with Crippen molar-refractivity contribution in [2.75, 3.05) is 6.61 Å². The molecule has 3 aromatic rings. The van der Waals surface area contributed by atoms with Crippen molar-refractivity contribution in [3.05, 3.63) is 77.2 Å². The van der Waals surface area contributed by atoms with Crippen LogP contribution in [0, 0.1) is 11.6 Å². The fraction of sp³-hybridized carbons (Fsp3) is 0.360. The number of benzene rings is 2. The Bertz CT molecular complexity index is 1050. The first-order chi connectivity index (χ1) is 15.8. The van der Waals surface area contributed by atoms with Crippen LogP contribution in [-0.4, -0.2) is 22.3 Å². The SMILES string of the molecule is CC(C)c1nc(CCCOC(N)=O)n(CCCc2ccccc2)c1Sc1cc(F)cc(F)c1. The van der Waals surface area contributed by atoms with Gasteiger partial charge >= 0.3 is 6.09 Å². The van der Waals surface area contributed by atoms with Crippen LogP contribution in [0.5, 0.6) is 0 Å². The highest BCUT2D eigenvalue weighted by Crippen LogP contribution is 2.36. The van der Waals surface area contributed by atoms with Crippen LogP contribution in [0.1, 0.15) is 49.7 Å². The van der Waals surface area contributed by atoms with E-state index in [1.54, 1.807) is 0 Å². The van der Waals surface area contributed by atoms with Crippen LogP contribution in [0.2, 0.25) is 0 Å². The standard InChI is InChI=1S/C25H29F2N3O2S/c1-17(2)23-24(33-21-15-19(26)14-20(27)16-21)30(12-6-10-18-8-4-3-5-9-18)22(29-23)11-7-13-32-25(28)31/h3-5,8-9,14-17H,6-7,10-13H2,1-2H3,(H2,28,31). The predicted octanol–water partition coefficient (Wildman–Crippen LogP) is 6.10. The molecule has 0 bridgehead atoms. The number of halogens is 2. The first-order valence-corrected chi connectivity index (χ1v) is 11.8. The number of carbonyl (C=O) groups is 1. The Morgan fingerprint density at radius 2 is 1.79 bits per heavy atom. The van der Waals surface area contributed by atoms with Gasteiger partial charge in [-0.25, -0.2) is 18.6 Å². The lowest BCUT2D eigenvalue weighted by Gasteiger charge is -2.14. The van der Waals surface area contributed by atoms with Gasteiger partial charge in [0.1, 0.15) is 22.5 Å². The zero-order valence-electron chi connectivity index (χ0n) is 18.9. The van der Waals surface area contributed by atoms with Crippen LogP contribution in [0.15, 0.2) is 58.5 Å². The van der Waals surface area contributed by atoms with E-state index in [-0.39, 0.29) is 12.5 Å². The third-order valence-corrected chi connectivity index (χ3v) is 6.20. The summed E-state index contributed by atoms with van der Waals surface area (Å²) < 4.78 is 34.7. The van der Waals surface area contributed by atoms with Gasteiger partial charge in [0.2, 0.25) is 0 Å². The van der Waals surface area contributed by atoms with E-state index in [0.717, 1.165) is 35.5 Å². The average molecular weight is 474 g/mol. The highest BCUT2D eigenvalue weighted by atomic mass is 32.2. The quantitative estimate of drug-likeness (QED) is 0.342. The van der Waals surface area contributed by atoms with Crippen LogP contribution < -0.4 is 5.73 Å². The second-order valence-corrected chi connectivity index (χ2v) is 9.15. The van der Waals surface area contributed by atoms with Gasteiger partial charge in [-0.2, -0.15) is 0 Å². The van der Waals surface area contributed by atoms with Crippen LogP contribution in [0.4, 0.5) is 13.6 Å². The molecule has 0 saturated heterocycles. The molecule has 0 aliphatic heterocycles. The average Bonchev–Trinajstić information content (AvgIpc) is 3.08. The van der Waals surface area contributed by atoms with Gasteiger partial charge in [0.15, 0.2) is 0 Å².